The van der Waals surface area contributed by atoms with Gasteiger partial charge in [0.25, 0.3) is 5.69 Å². The maximum Gasteiger partial charge on any atom is 0.269 e. The maximum absolute atomic E-state index is 10.8. The van der Waals surface area contributed by atoms with Crippen molar-refractivity contribution in [2.24, 2.45) is 10.9 Å². The van der Waals surface area contributed by atoms with E-state index in [9.17, 15) is 10.1 Å². The highest BCUT2D eigenvalue weighted by molar-refractivity contribution is 14.0. The van der Waals surface area contributed by atoms with Crippen molar-refractivity contribution < 1.29 is 9.66 Å². The highest BCUT2D eigenvalue weighted by Crippen LogP contribution is 2.23. The van der Waals surface area contributed by atoms with Gasteiger partial charge in [-0.05, 0) is 31.2 Å². The first kappa shape index (κ1) is 23.6. The van der Waals surface area contributed by atoms with Gasteiger partial charge in [-0.1, -0.05) is 31.9 Å². The Morgan fingerprint density at radius 2 is 2.00 bits per heavy atom. The fraction of sp³-hybridized carbons (Fsp3) is 0.632. The molecule has 0 amide bonds. The van der Waals surface area contributed by atoms with E-state index >= 15 is 0 Å². The summed E-state index contributed by atoms with van der Waals surface area (Å²) in [6.45, 7) is 5.40. The van der Waals surface area contributed by atoms with Crippen molar-refractivity contribution in [1.29, 1.82) is 0 Å². The van der Waals surface area contributed by atoms with Crippen molar-refractivity contribution in [2.45, 2.75) is 58.2 Å². The van der Waals surface area contributed by atoms with E-state index in [1.54, 1.807) is 19.2 Å². The Bertz CT molecular complexity index is 609. The number of ether oxygens (including phenoxy) is 1. The third kappa shape index (κ3) is 8.00. The average Bonchev–Trinajstić information content (AvgIpc) is 2.62. The minimum absolute atomic E-state index is 0. The highest BCUT2D eigenvalue weighted by Gasteiger charge is 2.22. The molecule has 0 bridgehead atoms. The van der Waals surface area contributed by atoms with Crippen LogP contribution in [0.3, 0.4) is 0 Å². The second-order valence-electron chi connectivity index (χ2n) is 7.10. The van der Waals surface area contributed by atoms with E-state index < -0.39 is 4.92 Å². The van der Waals surface area contributed by atoms with Gasteiger partial charge in [0.05, 0.1) is 18.1 Å². The van der Waals surface area contributed by atoms with Gasteiger partial charge in [-0.15, -0.1) is 24.0 Å². The molecule has 1 aromatic carbocycles. The fourth-order valence-electron chi connectivity index (χ4n) is 3.26. The van der Waals surface area contributed by atoms with Crippen LogP contribution in [0.1, 0.15) is 45.1 Å². The molecule has 8 heteroatoms. The van der Waals surface area contributed by atoms with Crippen LogP contribution in [0.2, 0.25) is 0 Å². The zero-order valence-electron chi connectivity index (χ0n) is 16.3. The molecule has 0 saturated heterocycles. The molecule has 0 aromatic heterocycles. The summed E-state index contributed by atoms with van der Waals surface area (Å²) in [5, 5.41) is 17.7. The molecule has 7 nitrogen and oxygen atoms in total. The Morgan fingerprint density at radius 3 is 2.59 bits per heavy atom. The third-order valence-electron chi connectivity index (χ3n) is 4.80. The number of hydrogen-bond acceptors (Lipinski definition) is 4. The molecule has 0 spiro atoms. The molecule has 1 aromatic rings. The summed E-state index contributed by atoms with van der Waals surface area (Å²) in [5.41, 5.74) is 1.03. The summed E-state index contributed by atoms with van der Waals surface area (Å²) >= 11 is 0. The van der Waals surface area contributed by atoms with Gasteiger partial charge >= 0.3 is 0 Å². The van der Waals surface area contributed by atoms with Crippen molar-refractivity contribution in [1.82, 2.24) is 10.6 Å². The van der Waals surface area contributed by atoms with E-state index in [2.05, 4.69) is 29.5 Å². The van der Waals surface area contributed by atoms with Crippen LogP contribution in [-0.2, 0) is 11.3 Å². The Labute approximate surface area is 178 Å². The number of non-ortho nitro benzene ring substituents is 1. The number of guanidine groups is 1. The van der Waals surface area contributed by atoms with Crippen LogP contribution in [0.25, 0.3) is 0 Å². The number of methoxy groups -OCH3 is 1. The van der Waals surface area contributed by atoms with Crippen LogP contribution < -0.4 is 10.6 Å². The maximum atomic E-state index is 10.8. The molecule has 0 radical (unpaired) electrons. The summed E-state index contributed by atoms with van der Waals surface area (Å²) in [6.07, 6.45) is 4.92. The van der Waals surface area contributed by atoms with Gasteiger partial charge in [0.15, 0.2) is 5.96 Å². The molecule has 1 fully saturated rings. The van der Waals surface area contributed by atoms with Crippen LogP contribution in [0.15, 0.2) is 29.3 Å². The van der Waals surface area contributed by atoms with Crippen molar-refractivity contribution in [3.8, 4) is 0 Å². The minimum atomic E-state index is -0.390. The first-order valence-corrected chi connectivity index (χ1v) is 9.29. The molecule has 3 unspecified atom stereocenters. The SMILES string of the molecule is COCC(C)NC(=NCc1ccc([N+](=O)[O-])cc1)NC1CCCCC1C.I. The highest BCUT2D eigenvalue weighted by atomic mass is 127. The van der Waals surface area contributed by atoms with Crippen molar-refractivity contribution in [3.63, 3.8) is 0 Å². The second-order valence-corrected chi connectivity index (χ2v) is 7.10. The average molecular weight is 490 g/mol. The van der Waals surface area contributed by atoms with Crippen LogP contribution in [0.4, 0.5) is 5.69 Å². The smallest absolute Gasteiger partial charge is 0.269 e. The van der Waals surface area contributed by atoms with Crippen LogP contribution in [-0.4, -0.2) is 36.7 Å². The zero-order valence-corrected chi connectivity index (χ0v) is 18.6. The molecule has 1 saturated carbocycles. The van der Waals surface area contributed by atoms with Crippen molar-refractivity contribution in [3.05, 3.63) is 39.9 Å². The van der Waals surface area contributed by atoms with Gasteiger partial charge < -0.3 is 15.4 Å². The van der Waals surface area contributed by atoms with Crippen molar-refractivity contribution >= 4 is 35.6 Å². The van der Waals surface area contributed by atoms with Crippen LogP contribution in [0, 0.1) is 16.0 Å². The Kier molecular flexibility index (Phi) is 10.6. The molecule has 0 aliphatic heterocycles. The third-order valence-corrected chi connectivity index (χ3v) is 4.80. The molecule has 27 heavy (non-hydrogen) atoms. The van der Waals surface area contributed by atoms with Gasteiger partial charge in [0.1, 0.15) is 0 Å². The first-order valence-electron chi connectivity index (χ1n) is 9.29. The molecular weight excluding hydrogens is 459 g/mol. The Balaban J connectivity index is 0.00000364. The molecule has 3 atom stereocenters. The molecule has 152 valence electrons. The topological polar surface area (TPSA) is 88.8 Å². The van der Waals surface area contributed by atoms with E-state index in [4.69, 9.17) is 4.74 Å². The van der Waals surface area contributed by atoms with E-state index in [1.165, 1.54) is 31.4 Å². The molecule has 2 N–H and O–H groups in total. The quantitative estimate of drug-likeness (QED) is 0.199. The number of benzene rings is 1. The standard InChI is InChI=1S/C19H30N4O3.HI/c1-14-6-4-5-7-18(14)22-19(21-15(2)13-26-3)20-12-16-8-10-17(11-9-16)23(24)25;/h8-11,14-15,18H,4-7,12-13H2,1-3H3,(H2,20,21,22);1H. The number of halogens is 1. The second kappa shape index (κ2) is 12.1. The van der Waals surface area contributed by atoms with E-state index in [1.807, 2.05) is 0 Å². The van der Waals surface area contributed by atoms with E-state index in [-0.39, 0.29) is 35.7 Å². The van der Waals surface area contributed by atoms with Gasteiger partial charge in [0.2, 0.25) is 0 Å². The van der Waals surface area contributed by atoms with Gasteiger partial charge in [-0.3, -0.25) is 10.1 Å². The Morgan fingerprint density at radius 1 is 1.33 bits per heavy atom. The van der Waals surface area contributed by atoms with E-state index in [0.29, 0.717) is 25.1 Å². The lowest BCUT2D eigenvalue weighted by Gasteiger charge is -2.31. The lowest BCUT2D eigenvalue weighted by molar-refractivity contribution is -0.384. The molecule has 2 rings (SSSR count). The molecule has 1 aliphatic carbocycles. The summed E-state index contributed by atoms with van der Waals surface area (Å²) in [4.78, 5) is 15.1. The lowest BCUT2D eigenvalue weighted by atomic mass is 9.86. The van der Waals surface area contributed by atoms with Crippen LogP contribution in [0.5, 0.6) is 0 Å². The number of nitro benzene ring substituents is 1. The number of nitrogens with one attached hydrogen (secondary N) is 2. The van der Waals surface area contributed by atoms with Crippen molar-refractivity contribution in [2.75, 3.05) is 13.7 Å². The minimum Gasteiger partial charge on any atom is -0.383 e. The number of rotatable bonds is 7. The van der Waals surface area contributed by atoms with Gasteiger partial charge in [-0.25, -0.2) is 4.99 Å². The van der Waals surface area contributed by atoms with Crippen LogP contribution >= 0.6 is 24.0 Å². The summed E-state index contributed by atoms with van der Waals surface area (Å²) in [7, 11) is 1.68. The summed E-state index contributed by atoms with van der Waals surface area (Å²) in [6, 6.07) is 7.09. The summed E-state index contributed by atoms with van der Waals surface area (Å²) in [5.74, 6) is 1.39. The zero-order chi connectivity index (χ0) is 18.9. The molecule has 0 heterocycles. The van der Waals surface area contributed by atoms with E-state index in [0.717, 1.165) is 17.9 Å². The molecule has 1 aliphatic rings. The largest absolute Gasteiger partial charge is 0.383 e. The van der Waals surface area contributed by atoms with Gasteiger partial charge in [0, 0.05) is 31.3 Å². The lowest BCUT2D eigenvalue weighted by Crippen LogP contribution is -2.50. The number of nitrogens with zero attached hydrogens (tertiary/aromatic N) is 2. The summed E-state index contributed by atoms with van der Waals surface area (Å²) < 4.78 is 5.20. The fourth-order valence-corrected chi connectivity index (χ4v) is 3.26. The number of hydrogen-bond donors (Lipinski definition) is 2. The monoisotopic (exact) mass is 490 g/mol. The number of nitro groups is 1. The number of aliphatic imine (C=N–C) groups is 1. The first-order chi connectivity index (χ1) is 12.5. The van der Waals surface area contributed by atoms with Gasteiger partial charge in [-0.2, -0.15) is 0 Å². The predicted octanol–water partition coefficient (Wildman–Crippen LogP) is 3.86. The molecular formula is C19H31IN4O3. The predicted molar refractivity (Wildman–Crippen MR) is 119 cm³/mol. The Hall–Kier alpha value is -1.42. The normalized spacial score (nSPS) is 21.1.